The van der Waals surface area contributed by atoms with Gasteiger partial charge in [0.2, 0.25) is 5.91 Å². The number of nitrogens with zero attached hydrogens (tertiary/aromatic N) is 1. The first-order valence-electron chi connectivity index (χ1n) is 6.03. The van der Waals surface area contributed by atoms with Crippen LogP contribution in [0.4, 0.5) is 0 Å². The molecule has 1 amide bonds. The molecule has 1 aromatic rings. The van der Waals surface area contributed by atoms with Crippen LogP contribution in [0.25, 0.3) is 0 Å². The lowest BCUT2D eigenvalue weighted by molar-refractivity contribution is -0.132. The monoisotopic (exact) mass is 217 g/mol. The summed E-state index contributed by atoms with van der Waals surface area (Å²) >= 11 is 0. The van der Waals surface area contributed by atoms with Gasteiger partial charge < -0.3 is 4.90 Å². The third-order valence-electron chi connectivity index (χ3n) is 3.44. The van der Waals surface area contributed by atoms with Gasteiger partial charge in [0.15, 0.2) is 0 Å². The molecule has 1 aromatic carbocycles. The van der Waals surface area contributed by atoms with Crippen molar-refractivity contribution in [1.82, 2.24) is 4.90 Å². The van der Waals surface area contributed by atoms with Crippen LogP contribution >= 0.6 is 0 Å². The molecule has 0 unspecified atom stereocenters. The van der Waals surface area contributed by atoms with Crippen LogP contribution in [0.3, 0.4) is 0 Å². The highest BCUT2D eigenvalue weighted by molar-refractivity contribution is 5.79. The smallest absolute Gasteiger partial charge is 0.227 e. The van der Waals surface area contributed by atoms with E-state index in [-0.39, 0.29) is 5.91 Å². The largest absolute Gasteiger partial charge is 0.337 e. The molecule has 0 bridgehead atoms. The van der Waals surface area contributed by atoms with Crippen LogP contribution in [0.5, 0.6) is 0 Å². The maximum atomic E-state index is 12.2. The zero-order chi connectivity index (χ0) is 11.5. The summed E-state index contributed by atoms with van der Waals surface area (Å²) in [5.74, 6) is 0.267. The molecule has 16 heavy (non-hydrogen) atoms. The molecule has 0 saturated carbocycles. The Morgan fingerprint density at radius 3 is 2.31 bits per heavy atom. The van der Waals surface area contributed by atoms with Crippen LogP contribution in [0.15, 0.2) is 30.3 Å². The molecule has 1 aliphatic heterocycles. The highest BCUT2D eigenvalue weighted by Crippen LogP contribution is 2.24. The number of hydrogen-bond donors (Lipinski definition) is 0. The normalized spacial score (nSPS) is 24.8. The minimum Gasteiger partial charge on any atom is -0.337 e. The van der Waals surface area contributed by atoms with E-state index in [0.29, 0.717) is 18.5 Å². The Morgan fingerprint density at radius 1 is 1.19 bits per heavy atom. The summed E-state index contributed by atoms with van der Waals surface area (Å²) in [7, 11) is 0. The summed E-state index contributed by atoms with van der Waals surface area (Å²) in [5.41, 5.74) is 1.11. The second kappa shape index (κ2) is 4.69. The van der Waals surface area contributed by atoms with E-state index in [4.69, 9.17) is 0 Å². The maximum absolute atomic E-state index is 12.2. The molecule has 2 rings (SSSR count). The van der Waals surface area contributed by atoms with Gasteiger partial charge in [0.05, 0.1) is 6.42 Å². The summed E-state index contributed by atoms with van der Waals surface area (Å²) in [5, 5.41) is 0. The van der Waals surface area contributed by atoms with Crippen LogP contribution < -0.4 is 0 Å². The Kier molecular flexibility index (Phi) is 3.28. The van der Waals surface area contributed by atoms with E-state index in [2.05, 4.69) is 13.8 Å². The summed E-state index contributed by atoms with van der Waals surface area (Å²) in [6.07, 6.45) is 2.82. The Bertz CT molecular complexity index is 350. The van der Waals surface area contributed by atoms with Crippen LogP contribution in [-0.4, -0.2) is 22.9 Å². The number of carbonyl (C=O) groups is 1. The average molecular weight is 217 g/mol. The Balaban J connectivity index is 2.03. The summed E-state index contributed by atoms with van der Waals surface area (Å²) in [6, 6.07) is 10.8. The van der Waals surface area contributed by atoms with Gasteiger partial charge in [0, 0.05) is 12.1 Å². The highest BCUT2D eigenvalue weighted by atomic mass is 16.2. The van der Waals surface area contributed by atoms with E-state index >= 15 is 0 Å². The van der Waals surface area contributed by atoms with Gasteiger partial charge in [-0.25, -0.2) is 0 Å². The van der Waals surface area contributed by atoms with Crippen molar-refractivity contribution < 1.29 is 4.79 Å². The SMILES string of the molecule is C[C@@H]1CC[C@H](C)N1C(=O)Cc1ccccc1. The molecular formula is C14H19NO. The van der Waals surface area contributed by atoms with Gasteiger partial charge in [0.25, 0.3) is 0 Å². The molecule has 1 aliphatic rings. The Morgan fingerprint density at radius 2 is 1.75 bits per heavy atom. The number of carbonyl (C=O) groups excluding carboxylic acids is 1. The van der Waals surface area contributed by atoms with E-state index in [1.54, 1.807) is 0 Å². The van der Waals surface area contributed by atoms with E-state index in [1.165, 1.54) is 0 Å². The van der Waals surface area contributed by atoms with Crippen molar-refractivity contribution in [2.24, 2.45) is 0 Å². The molecule has 1 heterocycles. The molecule has 1 saturated heterocycles. The van der Waals surface area contributed by atoms with Crippen LogP contribution in [0, 0.1) is 0 Å². The third-order valence-corrected chi connectivity index (χ3v) is 3.44. The lowest BCUT2D eigenvalue weighted by atomic mass is 10.1. The molecule has 0 aliphatic carbocycles. The first-order chi connectivity index (χ1) is 7.68. The van der Waals surface area contributed by atoms with E-state index in [1.807, 2.05) is 35.2 Å². The predicted molar refractivity (Wildman–Crippen MR) is 65.2 cm³/mol. The van der Waals surface area contributed by atoms with Crippen molar-refractivity contribution in [3.05, 3.63) is 35.9 Å². The second-order valence-electron chi connectivity index (χ2n) is 4.74. The molecule has 2 heteroatoms. The van der Waals surface area contributed by atoms with Crippen molar-refractivity contribution in [2.75, 3.05) is 0 Å². The van der Waals surface area contributed by atoms with E-state index in [0.717, 1.165) is 18.4 Å². The fraction of sp³-hybridized carbons (Fsp3) is 0.500. The zero-order valence-corrected chi connectivity index (χ0v) is 10.0. The molecule has 0 spiro atoms. The molecule has 0 aromatic heterocycles. The topological polar surface area (TPSA) is 20.3 Å². The first kappa shape index (κ1) is 11.2. The van der Waals surface area contributed by atoms with Gasteiger partial charge in [-0.05, 0) is 32.3 Å². The standard InChI is InChI=1S/C14H19NO/c1-11-8-9-12(2)15(11)14(16)10-13-6-4-3-5-7-13/h3-7,11-12H,8-10H2,1-2H3/t11-,12+. The van der Waals surface area contributed by atoms with Crippen molar-refractivity contribution in [1.29, 1.82) is 0 Å². The summed E-state index contributed by atoms with van der Waals surface area (Å²) < 4.78 is 0. The maximum Gasteiger partial charge on any atom is 0.227 e. The van der Waals surface area contributed by atoms with Gasteiger partial charge >= 0.3 is 0 Å². The van der Waals surface area contributed by atoms with E-state index in [9.17, 15) is 4.79 Å². The highest BCUT2D eigenvalue weighted by Gasteiger charge is 2.30. The average Bonchev–Trinajstić information content (AvgIpc) is 2.60. The van der Waals surface area contributed by atoms with Gasteiger partial charge in [-0.3, -0.25) is 4.79 Å². The number of rotatable bonds is 2. The van der Waals surface area contributed by atoms with Crippen molar-refractivity contribution in [3.63, 3.8) is 0 Å². The fourth-order valence-electron chi connectivity index (χ4n) is 2.55. The molecular weight excluding hydrogens is 198 g/mol. The number of benzene rings is 1. The zero-order valence-electron chi connectivity index (χ0n) is 10.0. The molecule has 86 valence electrons. The number of likely N-dealkylation sites (tertiary alicyclic amines) is 1. The molecule has 0 radical (unpaired) electrons. The first-order valence-corrected chi connectivity index (χ1v) is 6.03. The molecule has 2 atom stereocenters. The van der Waals surface area contributed by atoms with Gasteiger partial charge in [-0.1, -0.05) is 30.3 Å². The van der Waals surface area contributed by atoms with Crippen LogP contribution in [0.1, 0.15) is 32.3 Å². The third kappa shape index (κ3) is 2.26. The van der Waals surface area contributed by atoms with Crippen LogP contribution in [-0.2, 0) is 11.2 Å². The second-order valence-corrected chi connectivity index (χ2v) is 4.74. The van der Waals surface area contributed by atoms with Crippen molar-refractivity contribution >= 4 is 5.91 Å². The number of hydrogen-bond acceptors (Lipinski definition) is 1. The van der Waals surface area contributed by atoms with Gasteiger partial charge in [0.1, 0.15) is 0 Å². The van der Waals surface area contributed by atoms with Crippen molar-refractivity contribution in [3.8, 4) is 0 Å². The quantitative estimate of drug-likeness (QED) is 0.745. The lowest BCUT2D eigenvalue weighted by Gasteiger charge is -2.26. The van der Waals surface area contributed by atoms with Gasteiger partial charge in [-0.2, -0.15) is 0 Å². The molecule has 2 nitrogen and oxygen atoms in total. The minimum absolute atomic E-state index is 0.267. The van der Waals surface area contributed by atoms with Gasteiger partial charge in [-0.15, -0.1) is 0 Å². The van der Waals surface area contributed by atoms with Crippen molar-refractivity contribution in [2.45, 2.75) is 45.2 Å². The van der Waals surface area contributed by atoms with Crippen LogP contribution in [0.2, 0.25) is 0 Å². The minimum atomic E-state index is 0.267. The summed E-state index contributed by atoms with van der Waals surface area (Å²) in [6.45, 7) is 4.29. The predicted octanol–water partition coefficient (Wildman–Crippen LogP) is 2.63. The lowest BCUT2D eigenvalue weighted by Crippen LogP contribution is -2.39. The summed E-state index contributed by atoms with van der Waals surface area (Å²) in [4.78, 5) is 14.2. The Labute approximate surface area is 97.3 Å². The number of amides is 1. The molecule has 1 fully saturated rings. The van der Waals surface area contributed by atoms with E-state index < -0.39 is 0 Å². The Hall–Kier alpha value is -1.31. The fourth-order valence-corrected chi connectivity index (χ4v) is 2.55. The molecule has 0 N–H and O–H groups in total.